The third-order valence-electron chi connectivity index (χ3n) is 2.84. The van der Waals surface area contributed by atoms with Gasteiger partial charge in [0.05, 0.1) is 11.2 Å². The molecule has 98 valence electrons. The van der Waals surface area contributed by atoms with Crippen LogP contribution in [-0.2, 0) is 0 Å². The molecule has 0 spiro atoms. The third kappa shape index (κ3) is 2.46. The molecule has 0 aliphatic heterocycles. The first kappa shape index (κ1) is 12.6. The maximum absolute atomic E-state index is 12.2. The molecule has 0 aliphatic carbocycles. The fraction of sp³-hybridized carbons (Fsp3) is 0. The Morgan fingerprint density at radius 3 is 2.75 bits per heavy atom. The normalized spacial score (nSPS) is 10.4. The number of nitrogens with zero attached hydrogens (tertiary/aromatic N) is 2. The van der Waals surface area contributed by atoms with Crippen LogP contribution >= 0.6 is 11.6 Å². The number of anilines is 1. The lowest BCUT2D eigenvalue weighted by atomic mass is 10.2. The van der Waals surface area contributed by atoms with Gasteiger partial charge < -0.3 is 5.32 Å². The molecule has 0 saturated heterocycles. The Labute approximate surface area is 120 Å². The van der Waals surface area contributed by atoms with E-state index in [9.17, 15) is 4.79 Å². The minimum atomic E-state index is -0.302. The van der Waals surface area contributed by atoms with E-state index in [4.69, 9.17) is 11.6 Å². The topological polar surface area (TPSA) is 54.9 Å². The number of hydrogen-bond acceptors (Lipinski definition) is 3. The Bertz CT molecular complexity index is 783. The zero-order chi connectivity index (χ0) is 13.9. The fourth-order valence-electron chi connectivity index (χ4n) is 1.93. The molecule has 5 heteroatoms. The highest BCUT2D eigenvalue weighted by Gasteiger charge is 2.10. The number of aromatic nitrogens is 2. The number of nitrogens with one attached hydrogen (secondary N) is 1. The van der Waals surface area contributed by atoms with E-state index in [1.165, 1.54) is 0 Å². The van der Waals surface area contributed by atoms with Crippen molar-refractivity contribution in [1.29, 1.82) is 0 Å². The van der Waals surface area contributed by atoms with Crippen molar-refractivity contribution in [3.63, 3.8) is 0 Å². The van der Waals surface area contributed by atoms with E-state index >= 15 is 0 Å². The van der Waals surface area contributed by atoms with Crippen molar-refractivity contribution in [2.45, 2.75) is 0 Å². The lowest BCUT2D eigenvalue weighted by molar-refractivity contribution is 0.102. The van der Waals surface area contributed by atoms with Gasteiger partial charge in [-0.3, -0.25) is 9.78 Å². The number of pyridine rings is 2. The Morgan fingerprint density at radius 1 is 1.05 bits per heavy atom. The SMILES string of the molecule is O=C(Nc1cccc2ncccc12)c1cccc(Cl)n1. The van der Waals surface area contributed by atoms with E-state index < -0.39 is 0 Å². The molecule has 1 aromatic carbocycles. The molecule has 2 aromatic heterocycles. The summed E-state index contributed by atoms with van der Waals surface area (Å²) in [6.07, 6.45) is 1.71. The van der Waals surface area contributed by atoms with Crippen LogP contribution in [-0.4, -0.2) is 15.9 Å². The van der Waals surface area contributed by atoms with E-state index in [0.717, 1.165) is 10.9 Å². The van der Waals surface area contributed by atoms with Crippen LogP contribution in [0.25, 0.3) is 10.9 Å². The lowest BCUT2D eigenvalue weighted by Gasteiger charge is -2.07. The number of fused-ring (bicyclic) bond motifs is 1. The molecule has 0 fully saturated rings. The number of benzene rings is 1. The number of rotatable bonds is 2. The second-order valence-corrected chi connectivity index (χ2v) is 4.56. The largest absolute Gasteiger partial charge is 0.320 e. The highest BCUT2D eigenvalue weighted by Crippen LogP contribution is 2.21. The molecule has 0 aliphatic rings. The standard InChI is InChI=1S/C15H10ClN3O/c16-14-8-2-7-13(18-14)15(20)19-12-6-1-5-11-10(12)4-3-9-17-11/h1-9H,(H,19,20). The van der Waals surface area contributed by atoms with E-state index in [-0.39, 0.29) is 16.8 Å². The molecule has 0 saturated carbocycles. The summed E-state index contributed by atoms with van der Waals surface area (Å²) in [4.78, 5) is 20.4. The van der Waals surface area contributed by atoms with Crippen molar-refractivity contribution in [2.24, 2.45) is 0 Å². The van der Waals surface area contributed by atoms with Crippen LogP contribution in [0, 0.1) is 0 Å². The second kappa shape index (κ2) is 5.27. The number of hydrogen-bond donors (Lipinski definition) is 1. The predicted octanol–water partition coefficient (Wildman–Crippen LogP) is 3.54. The van der Waals surface area contributed by atoms with Gasteiger partial charge in [0.2, 0.25) is 0 Å². The van der Waals surface area contributed by atoms with E-state index in [0.29, 0.717) is 5.69 Å². The van der Waals surface area contributed by atoms with Gasteiger partial charge in [0.25, 0.3) is 5.91 Å². The van der Waals surface area contributed by atoms with E-state index in [2.05, 4.69) is 15.3 Å². The smallest absolute Gasteiger partial charge is 0.274 e. The van der Waals surface area contributed by atoms with Crippen molar-refractivity contribution in [1.82, 2.24) is 9.97 Å². The average molecular weight is 284 g/mol. The molecule has 2 heterocycles. The van der Waals surface area contributed by atoms with Gasteiger partial charge in [-0.05, 0) is 36.4 Å². The van der Waals surface area contributed by atoms with Crippen molar-refractivity contribution in [2.75, 3.05) is 5.32 Å². The summed E-state index contributed by atoms with van der Waals surface area (Å²) in [6.45, 7) is 0. The number of amides is 1. The van der Waals surface area contributed by atoms with Crippen molar-refractivity contribution in [3.8, 4) is 0 Å². The number of halogens is 1. The monoisotopic (exact) mass is 283 g/mol. The van der Waals surface area contributed by atoms with Gasteiger partial charge in [-0.15, -0.1) is 0 Å². The third-order valence-corrected chi connectivity index (χ3v) is 3.05. The second-order valence-electron chi connectivity index (χ2n) is 4.18. The minimum Gasteiger partial charge on any atom is -0.320 e. The van der Waals surface area contributed by atoms with Crippen LogP contribution < -0.4 is 5.32 Å². The molecular weight excluding hydrogens is 274 g/mol. The van der Waals surface area contributed by atoms with Gasteiger partial charge in [-0.25, -0.2) is 4.98 Å². The molecule has 0 unspecified atom stereocenters. The summed E-state index contributed by atoms with van der Waals surface area (Å²) in [7, 11) is 0. The summed E-state index contributed by atoms with van der Waals surface area (Å²) in [6, 6.07) is 14.2. The van der Waals surface area contributed by atoms with Crippen molar-refractivity contribution >= 4 is 34.1 Å². The molecule has 0 bridgehead atoms. The predicted molar refractivity (Wildman–Crippen MR) is 78.9 cm³/mol. The molecule has 1 N–H and O–H groups in total. The van der Waals surface area contributed by atoms with Crippen LogP contribution in [0.2, 0.25) is 5.15 Å². The highest BCUT2D eigenvalue weighted by atomic mass is 35.5. The molecule has 4 nitrogen and oxygen atoms in total. The lowest BCUT2D eigenvalue weighted by Crippen LogP contribution is -2.13. The van der Waals surface area contributed by atoms with Crippen molar-refractivity contribution in [3.05, 3.63) is 65.6 Å². The molecule has 20 heavy (non-hydrogen) atoms. The van der Waals surface area contributed by atoms with Gasteiger partial charge in [0, 0.05) is 11.6 Å². The maximum Gasteiger partial charge on any atom is 0.274 e. The first-order valence-electron chi connectivity index (χ1n) is 6.02. The number of carbonyl (C=O) groups excluding carboxylic acids is 1. The molecule has 3 rings (SSSR count). The number of carbonyl (C=O) groups is 1. The van der Waals surface area contributed by atoms with Crippen LogP contribution in [0.4, 0.5) is 5.69 Å². The molecule has 0 atom stereocenters. The van der Waals surface area contributed by atoms with Crippen LogP contribution in [0.5, 0.6) is 0 Å². The fourth-order valence-corrected chi connectivity index (χ4v) is 2.10. The minimum absolute atomic E-state index is 0.276. The molecule has 0 radical (unpaired) electrons. The van der Waals surface area contributed by atoms with Gasteiger partial charge >= 0.3 is 0 Å². The Kier molecular flexibility index (Phi) is 3.31. The summed E-state index contributed by atoms with van der Waals surface area (Å²) in [5.74, 6) is -0.302. The first-order valence-corrected chi connectivity index (χ1v) is 6.39. The molecule has 3 aromatic rings. The average Bonchev–Trinajstić information content (AvgIpc) is 2.47. The van der Waals surface area contributed by atoms with Crippen LogP contribution in [0.15, 0.2) is 54.7 Å². The van der Waals surface area contributed by atoms with Crippen molar-refractivity contribution < 1.29 is 4.79 Å². The molecule has 1 amide bonds. The van der Waals surface area contributed by atoms with Gasteiger partial charge in [-0.2, -0.15) is 0 Å². The zero-order valence-electron chi connectivity index (χ0n) is 10.4. The quantitative estimate of drug-likeness (QED) is 0.732. The van der Waals surface area contributed by atoms with Gasteiger partial charge in [-0.1, -0.05) is 23.7 Å². The van der Waals surface area contributed by atoms with E-state index in [1.807, 2.05) is 30.3 Å². The van der Waals surface area contributed by atoms with Crippen LogP contribution in [0.1, 0.15) is 10.5 Å². The summed E-state index contributed by atoms with van der Waals surface area (Å²) in [5, 5.41) is 4.00. The highest BCUT2D eigenvalue weighted by molar-refractivity contribution is 6.29. The summed E-state index contributed by atoms with van der Waals surface area (Å²) >= 11 is 5.79. The Morgan fingerprint density at radius 2 is 1.90 bits per heavy atom. The Balaban J connectivity index is 1.95. The van der Waals surface area contributed by atoms with Gasteiger partial charge in [0.15, 0.2) is 0 Å². The van der Waals surface area contributed by atoms with Crippen LogP contribution in [0.3, 0.4) is 0 Å². The summed E-state index contributed by atoms with van der Waals surface area (Å²) in [5.41, 5.74) is 1.80. The van der Waals surface area contributed by atoms with Gasteiger partial charge in [0.1, 0.15) is 10.8 Å². The van der Waals surface area contributed by atoms with E-state index in [1.54, 1.807) is 24.4 Å². The molecular formula is C15H10ClN3O. The maximum atomic E-state index is 12.2. The first-order chi connectivity index (χ1) is 9.74. The summed E-state index contributed by atoms with van der Waals surface area (Å²) < 4.78 is 0. The zero-order valence-corrected chi connectivity index (χ0v) is 11.1. The Hall–Kier alpha value is -2.46.